The summed E-state index contributed by atoms with van der Waals surface area (Å²) in [6.07, 6.45) is 5.81. The van der Waals surface area contributed by atoms with E-state index in [2.05, 4.69) is 67.5 Å². The van der Waals surface area contributed by atoms with Gasteiger partial charge in [0.15, 0.2) is 5.96 Å². The Balaban J connectivity index is 1.78. The van der Waals surface area contributed by atoms with Gasteiger partial charge >= 0.3 is 11.9 Å². The molecule has 1 aliphatic rings. The van der Waals surface area contributed by atoms with E-state index in [9.17, 15) is 73.2 Å². The summed E-state index contributed by atoms with van der Waals surface area (Å²) < 4.78 is 0. The summed E-state index contributed by atoms with van der Waals surface area (Å²) in [5, 5.41) is 59.6. The molecule has 1 fully saturated rings. The Morgan fingerprint density at radius 1 is 0.639 bits per heavy atom. The number of aromatic nitrogens is 4. The van der Waals surface area contributed by atoms with Gasteiger partial charge in [0.05, 0.1) is 31.9 Å². The fraction of sp³-hybridized carbons (Fsp3) is 0.647. The third kappa shape index (κ3) is 21.9. The Morgan fingerprint density at radius 2 is 1.11 bits per heavy atom. The molecule has 20 N–H and O–H groups in total. The van der Waals surface area contributed by atoms with Gasteiger partial charge in [0.1, 0.15) is 54.4 Å². The lowest BCUT2D eigenvalue weighted by molar-refractivity contribution is -0.144. The third-order valence-electron chi connectivity index (χ3n) is 14.1. The molecule has 32 nitrogen and oxygen atoms in total. The van der Waals surface area contributed by atoms with Gasteiger partial charge in [0, 0.05) is 56.1 Å². The van der Waals surface area contributed by atoms with Crippen molar-refractivity contribution in [3.63, 3.8) is 0 Å². The zero-order valence-corrected chi connectivity index (χ0v) is 47.5. The van der Waals surface area contributed by atoms with Gasteiger partial charge in [0.25, 0.3) is 0 Å². The van der Waals surface area contributed by atoms with E-state index in [4.69, 9.17) is 17.2 Å². The molecule has 2 aromatic heterocycles. The summed E-state index contributed by atoms with van der Waals surface area (Å²) in [7, 11) is 0. The van der Waals surface area contributed by atoms with Crippen molar-refractivity contribution in [2.75, 3.05) is 26.3 Å². The minimum Gasteiger partial charge on any atom is -0.481 e. The van der Waals surface area contributed by atoms with Crippen LogP contribution in [0.5, 0.6) is 0 Å². The van der Waals surface area contributed by atoms with Gasteiger partial charge < -0.3 is 95.0 Å². The molecule has 0 aliphatic carbocycles. The summed E-state index contributed by atoms with van der Waals surface area (Å²) in [4.78, 5) is 167. The van der Waals surface area contributed by atoms with E-state index in [1.807, 2.05) is 0 Å². The quantitative estimate of drug-likeness (QED) is 0.0172. The monoisotopic (exact) mass is 1170 g/mol. The summed E-state index contributed by atoms with van der Waals surface area (Å²) >= 11 is 0. The number of nitrogens with one attached hydrogen (secondary N) is 10. The number of H-pyrrole nitrogens is 2. The fourth-order valence-electron chi connectivity index (χ4n) is 8.78. The number of amides is 9. The van der Waals surface area contributed by atoms with Crippen LogP contribution in [-0.4, -0.2) is 203 Å². The Morgan fingerprint density at radius 3 is 1.61 bits per heavy atom. The number of carboxylic acids is 2. The third-order valence-corrected chi connectivity index (χ3v) is 14.1. The Kier molecular flexibility index (Phi) is 28.5. The van der Waals surface area contributed by atoms with Crippen LogP contribution >= 0.6 is 0 Å². The second-order valence-electron chi connectivity index (χ2n) is 20.7. The number of likely N-dealkylation sites (tertiary alicyclic amines) is 1. The smallest absolute Gasteiger partial charge is 0.326 e. The van der Waals surface area contributed by atoms with E-state index in [-0.39, 0.29) is 57.6 Å². The van der Waals surface area contributed by atoms with Gasteiger partial charge in [-0.05, 0) is 49.9 Å². The number of carboxylic acid groups (broad SMARTS) is 2. The zero-order chi connectivity index (χ0) is 62.1. The first-order valence-electron chi connectivity index (χ1n) is 27.4. The van der Waals surface area contributed by atoms with Gasteiger partial charge in [-0.15, -0.1) is 0 Å². The molecule has 1 aliphatic heterocycles. The first kappa shape index (κ1) is 69.0. The van der Waals surface area contributed by atoms with Crippen LogP contribution < -0.4 is 59.7 Å². The molecule has 83 heavy (non-hydrogen) atoms. The van der Waals surface area contributed by atoms with E-state index < -0.39 is 169 Å². The minimum atomic E-state index is -1.91. The first-order valence-corrected chi connectivity index (χ1v) is 27.4. The fourth-order valence-corrected chi connectivity index (χ4v) is 8.78. The number of hydrogen-bond acceptors (Lipinski definition) is 17. The lowest BCUT2D eigenvalue weighted by Crippen LogP contribution is -2.62. The van der Waals surface area contributed by atoms with Crippen molar-refractivity contribution in [2.24, 2.45) is 39.9 Å². The van der Waals surface area contributed by atoms with E-state index >= 15 is 0 Å². The molecular formula is C51H83N17O15. The molecular weight excluding hydrogens is 1090 g/mol. The Hall–Kier alpha value is -8.26. The van der Waals surface area contributed by atoms with E-state index in [1.54, 1.807) is 27.7 Å². The number of aliphatic hydroxyl groups excluding tert-OH is 2. The minimum absolute atomic E-state index is 0.0492. The highest BCUT2D eigenvalue weighted by Crippen LogP contribution is 2.20. The Bertz CT molecular complexity index is 2530. The maximum atomic E-state index is 14.1. The molecule has 0 bridgehead atoms. The number of aromatic amines is 2. The normalized spacial score (nSPS) is 17.0. The molecule has 2 aromatic rings. The van der Waals surface area contributed by atoms with Crippen LogP contribution in [0.3, 0.4) is 0 Å². The van der Waals surface area contributed by atoms with Gasteiger partial charge in [-0.25, -0.2) is 14.8 Å². The molecule has 3 heterocycles. The molecule has 0 radical (unpaired) electrons. The summed E-state index contributed by atoms with van der Waals surface area (Å²) in [6.45, 7) is 7.77. The van der Waals surface area contributed by atoms with Gasteiger partial charge in [0.2, 0.25) is 53.2 Å². The van der Waals surface area contributed by atoms with Gasteiger partial charge in [-0.3, -0.25) is 52.9 Å². The van der Waals surface area contributed by atoms with Crippen LogP contribution in [0.1, 0.15) is 104 Å². The molecule has 0 spiro atoms. The number of nitrogens with two attached hydrogens (primary N) is 3. The lowest BCUT2D eigenvalue weighted by Gasteiger charge is -2.30. The van der Waals surface area contributed by atoms with Gasteiger partial charge in [-0.2, -0.15) is 0 Å². The largest absolute Gasteiger partial charge is 0.481 e. The highest BCUT2D eigenvalue weighted by molar-refractivity contribution is 5.99. The highest BCUT2D eigenvalue weighted by Gasteiger charge is 2.40. The molecule has 462 valence electrons. The lowest BCUT2D eigenvalue weighted by atomic mass is 9.97. The summed E-state index contributed by atoms with van der Waals surface area (Å²) in [5.74, 6) is -13.2. The number of aliphatic carboxylic acids is 2. The number of aliphatic imine (C=N–C) groups is 1. The number of guanidine groups is 1. The number of nitrogens with zero attached hydrogens (tertiary/aromatic N) is 4. The van der Waals surface area contributed by atoms with Crippen LogP contribution in [0.15, 0.2) is 30.0 Å². The molecule has 3 rings (SSSR count). The maximum Gasteiger partial charge on any atom is 0.326 e. The van der Waals surface area contributed by atoms with E-state index in [0.29, 0.717) is 24.2 Å². The van der Waals surface area contributed by atoms with Crippen molar-refractivity contribution in [3.05, 3.63) is 36.4 Å². The first-order chi connectivity index (χ1) is 39.3. The topological polar surface area (TPSA) is 516 Å². The van der Waals surface area contributed by atoms with Crippen molar-refractivity contribution >= 4 is 71.1 Å². The predicted octanol–water partition coefficient (Wildman–Crippen LogP) is -5.15. The summed E-state index contributed by atoms with van der Waals surface area (Å²) in [6, 6.07) is -14.4. The van der Waals surface area contributed by atoms with Crippen molar-refractivity contribution in [2.45, 2.75) is 166 Å². The van der Waals surface area contributed by atoms with Crippen molar-refractivity contribution in [1.82, 2.24) is 67.4 Å². The van der Waals surface area contributed by atoms with E-state index in [1.165, 1.54) is 43.8 Å². The number of carbonyl (C=O) groups is 11. The number of carbonyl (C=O) groups excluding carboxylic acids is 9. The number of rotatable bonds is 36. The second-order valence-corrected chi connectivity index (χ2v) is 20.7. The SMILES string of the molecule is CC[C@H](C)[C@H](NC(=O)[C@H](Cc1cnc[nH]1)NC(=O)[C@@H](NC(=O)[C@H](CCC(=O)O)NC(=O)[C@H](CO)NC(=O)[C@H](CO)NC(=O)[C@@H](NC(=O)[C@H](CCCN=C(N)N)NC(=O)[C@@H]1CCCN1C(=O)[C@@H](N)Cc1cnc[nH]1)[C@@H](C)CC)C(C)C)C(=O)O. The number of imidazole rings is 2. The van der Waals surface area contributed by atoms with Crippen LogP contribution in [0.25, 0.3) is 0 Å². The summed E-state index contributed by atoms with van der Waals surface area (Å²) in [5.41, 5.74) is 18.2. The predicted molar refractivity (Wildman–Crippen MR) is 295 cm³/mol. The van der Waals surface area contributed by atoms with Crippen LogP contribution in [-0.2, 0) is 65.6 Å². The highest BCUT2D eigenvalue weighted by atomic mass is 16.4. The second kappa shape index (κ2) is 34.2. The van der Waals surface area contributed by atoms with Crippen LogP contribution in [0.4, 0.5) is 0 Å². The average molecular weight is 1170 g/mol. The Labute approximate surface area is 479 Å². The standard InChI is InChI=1S/C51H83N17O15/c1-7-26(5)39(66-41(73)31(11-9-15-57-51(53)54)61-46(78)36-12-10-16-68(36)49(81)30(52)17-28-19-55-23-58-28)48(80)64-35(22-70)45(77)63-34(21-69)44(76)60-32(13-14-37(71)72)42(74)65-38(25(3)4)47(79)62-33(18-29-20-56-24-59-29)43(75)67-40(50(82)83)27(6)8-2/h19-20,23-27,30-36,38-40,69-70H,7-18,21-22,52H2,1-6H3,(H,55,58)(H,56,59)(H,60,76)(H,61,78)(H,62,79)(H,63,77)(H,64,80)(H,65,74)(H,66,73)(H,67,75)(H,71,72)(H,82,83)(H4,53,54,57)/t26-,27-,30-,31-,32-,33-,34-,35-,36-,38-,39-,40-/m0/s1. The molecule has 32 heteroatoms. The van der Waals surface area contributed by atoms with E-state index in [0.717, 1.165) is 0 Å². The van der Waals surface area contributed by atoms with Crippen LogP contribution in [0, 0.1) is 17.8 Å². The van der Waals surface area contributed by atoms with Crippen molar-refractivity contribution in [3.8, 4) is 0 Å². The van der Waals surface area contributed by atoms with Crippen LogP contribution in [0.2, 0.25) is 0 Å². The molecule has 0 saturated carbocycles. The van der Waals surface area contributed by atoms with Crippen molar-refractivity contribution < 1.29 is 73.2 Å². The number of hydrogen-bond donors (Lipinski definition) is 17. The zero-order valence-electron chi connectivity index (χ0n) is 47.5. The number of aliphatic hydroxyl groups is 2. The molecule has 0 aromatic carbocycles. The maximum absolute atomic E-state index is 14.1. The molecule has 0 unspecified atom stereocenters. The van der Waals surface area contributed by atoms with Gasteiger partial charge in [-0.1, -0.05) is 54.4 Å². The molecule has 9 amide bonds. The average Bonchev–Trinajstić information content (AvgIpc) is 4.41. The molecule has 1 saturated heterocycles. The van der Waals surface area contributed by atoms with Crippen molar-refractivity contribution in [1.29, 1.82) is 0 Å². The molecule has 12 atom stereocenters.